The van der Waals surface area contributed by atoms with Crippen LogP contribution in [-0.4, -0.2) is 15.8 Å². The van der Waals surface area contributed by atoms with Crippen molar-refractivity contribution in [3.05, 3.63) is 94.0 Å². The van der Waals surface area contributed by atoms with E-state index >= 15 is 0 Å². The normalized spacial score (nSPS) is 12.2. The van der Waals surface area contributed by atoms with E-state index in [4.69, 9.17) is 4.42 Å². The molecule has 4 aromatic rings. The number of nitro benzene ring substituents is 1. The highest BCUT2D eigenvalue weighted by Crippen LogP contribution is 2.28. The zero-order valence-corrected chi connectivity index (χ0v) is 18.3. The van der Waals surface area contributed by atoms with Crippen LogP contribution in [0.2, 0.25) is 0 Å². The summed E-state index contributed by atoms with van der Waals surface area (Å²) in [6.45, 7) is 4.35. The summed E-state index contributed by atoms with van der Waals surface area (Å²) in [6.07, 6.45) is 3.93. The van der Waals surface area contributed by atoms with E-state index in [0.717, 1.165) is 23.1 Å². The highest BCUT2D eigenvalue weighted by molar-refractivity contribution is 6.02. The van der Waals surface area contributed by atoms with Gasteiger partial charge in [-0.05, 0) is 65.9 Å². The molecule has 1 unspecified atom stereocenters. The lowest BCUT2D eigenvalue weighted by Crippen LogP contribution is -2.07. The molecule has 0 radical (unpaired) electrons. The largest absolute Gasteiger partial charge is 0.436 e. The van der Waals surface area contributed by atoms with E-state index in [1.807, 2.05) is 18.2 Å². The van der Waals surface area contributed by atoms with Crippen LogP contribution in [0.5, 0.6) is 0 Å². The van der Waals surface area contributed by atoms with Crippen molar-refractivity contribution in [3.63, 3.8) is 0 Å². The molecule has 0 aliphatic heterocycles. The summed E-state index contributed by atoms with van der Waals surface area (Å²) in [5.41, 5.74) is 4.77. The van der Waals surface area contributed by atoms with Gasteiger partial charge in [0.25, 0.3) is 5.69 Å². The molecule has 0 aliphatic carbocycles. The number of nitrogens with zero attached hydrogens (tertiary/aromatic N) is 2. The quantitative estimate of drug-likeness (QED) is 0.199. The molecule has 1 N–H and O–H groups in total. The van der Waals surface area contributed by atoms with Gasteiger partial charge in [0.15, 0.2) is 5.58 Å². The minimum Gasteiger partial charge on any atom is -0.436 e. The minimum atomic E-state index is -0.472. The highest BCUT2D eigenvalue weighted by Gasteiger charge is 2.11. The second-order valence-electron chi connectivity index (χ2n) is 7.81. The Morgan fingerprint density at radius 3 is 2.67 bits per heavy atom. The molecule has 166 valence electrons. The molecule has 0 saturated heterocycles. The van der Waals surface area contributed by atoms with E-state index in [1.54, 1.807) is 24.3 Å². The zero-order chi connectivity index (χ0) is 23.4. The number of nitrogens with one attached hydrogen (secondary N) is 1. The standard InChI is InChI=1S/C26H23N3O4/c1-3-17(2)20-10-13-24-23(16-20)28-26(33-24)19-8-11-21(12-9-19)27-25(30)14-7-18-5-4-6-22(15-18)29(31)32/h4-17H,3H2,1-2H3,(H,27,30)/b14-7+. The molecule has 0 aliphatic rings. The predicted octanol–water partition coefficient (Wildman–Crippen LogP) is 6.57. The van der Waals surface area contributed by atoms with Crippen molar-refractivity contribution in [2.75, 3.05) is 5.32 Å². The fraction of sp³-hybridized carbons (Fsp3) is 0.154. The van der Waals surface area contributed by atoms with E-state index in [1.165, 1.54) is 29.8 Å². The van der Waals surface area contributed by atoms with Crippen molar-refractivity contribution in [1.82, 2.24) is 4.98 Å². The van der Waals surface area contributed by atoms with E-state index < -0.39 is 4.92 Å². The van der Waals surface area contributed by atoms with Crippen molar-refractivity contribution in [2.45, 2.75) is 26.2 Å². The van der Waals surface area contributed by atoms with Crippen molar-refractivity contribution in [3.8, 4) is 11.5 Å². The maximum absolute atomic E-state index is 12.2. The molecule has 4 rings (SSSR count). The zero-order valence-electron chi connectivity index (χ0n) is 18.3. The second-order valence-corrected chi connectivity index (χ2v) is 7.81. The van der Waals surface area contributed by atoms with Gasteiger partial charge in [-0.2, -0.15) is 0 Å². The lowest BCUT2D eigenvalue weighted by atomic mass is 9.98. The predicted molar refractivity (Wildman–Crippen MR) is 129 cm³/mol. The Morgan fingerprint density at radius 1 is 1.15 bits per heavy atom. The fourth-order valence-corrected chi connectivity index (χ4v) is 3.40. The third-order valence-electron chi connectivity index (χ3n) is 5.50. The average Bonchev–Trinajstić information content (AvgIpc) is 3.26. The summed E-state index contributed by atoms with van der Waals surface area (Å²) in [6, 6.07) is 19.4. The van der Waals surface area contributed by atoms with Crippen LogP contribution in [0.25, 0.3) is 28.6 Å². The van der Waals surface area contributed by atoms with E-state index in [0.29, 0.717) is 23.1 Å². The number of oxazole rings is 1. The van der Waals surface area contributed by atoms with Crippen LogP contribution in [-0.2, 0) is 4.79 Å². The van der Waals surface area contributed by atoms with Crippen LogP contribution in [0.4, 0.5) is 11.4 Å². The van der Waals surface area contributed by atoms with Gasteiger partial charge in [0.05, 0.1) is 4.92 Å². The van der Waals surface area contributed by atoms with Gasteiger partial charge >= 0.3 is 0 Å². The number of aromatic nitrogens is 1. The van der Waals surface area contributed by atoms with Gasteiger partial charge in [-0.1, -0.05) is 32.0 Å². The first-order chi connectivity index (χ1) is 15.9. The molecular formula is C26H23N3O4. The first-order valence-electron chi connectivity index (χ1n) is 10.7. The van der Waals surface area contributed by atoms with Gasteiger partial charge in [0, 0.05) is 29.5 Å². The monoisotopic (exact) mass is 441 g/mol. The molecule has 0 spiro atoms. The number of amides is 1. The second kappa shape index (κ2) is 9.48. The van der Waals surface area contributed by atoms with Gasteiger partial charge < -0.3 is 9.73 Å². The molecule has 1 aromatic heterocycles. The van der Waals surface area contributed by atoms with Gasteiger partial charge in [0.2, 0.25) is 11.8 Å². The molecular weight excluding hydrogens is 418 g/mol. The van der Waals surface area contributed by atoms with E-state index in [-0.39, 0.29) is 11.6 Å². The Kier molecular flexibility index (Phi) is 6.31. The lowest BCUT2D eigenvalue weighted by molar-refractivity contribution is -0.384. The average molecular weight is 441 g/mol. The van der Waals surface area contributed by atoms with Crippen LogP contribution in [0.15, 0.2) is 77.2 Å². The number of non-ortho nitro benzene ring substituents is 1. The maximum Gasteiger partial charge on any atom is 0.270 e. The fourth-order valence-electron chi connectivity index (χ4n) is 3.40. The van der Waals surface area contributed by atoms with Gasteiger partial charge in [-0.3, -0.25) is 14.9 Å². The number of fused-ring (bicyclic) bond motifs is 1. The molecule has 0 saturated carbocycles. The number of nitro groups is 1. The Morgan fingerprint density at radius 2 is 1.94 bits per heavy atom. The molecule has 3 aromatic carbocycles. The number of anilines is 1. The number of carbonyl (C=O) groups is 1. The number of benzene rings is 3. The smallest absolute Gasteiger partial charge is 0.270 e. The highest BCUT2D eigenvalue weighted by atomic mass is 16.6. The van der Waals surface area contributed by atoms with Crippen LogP contribution in [0, 0.1) is 10.1 Å². The van der Waals surface area contributed by atoms with E-state index in [2.05, 4.69) is 36.3 Å². The Hall–Kier alpha value is -4.26. The lowest BCUT2D eigenvalue weighted by Gasteiger charge is -2.07. The number of rotatable bonds is 7. The number of hydrogen-bond donors (Lipinski definition) is 1. The molecule has 1 atom stereocenters. The van der Waals surface area contributed by atoms with Crippen LogP contribution >= 0.6 is 0 Å². The number of hydrogen-bond acceptors (Lipinski definition) is 5. The number of carbonyl (C=O) groups excluding carboxylic acids is 1. The van der Waals surface area contributed by atoms with Crippen molar-refractivity contribution in [1.29, 1.82) is 0 Å². The molecule has 0 bridgehead atoms. The Labute approximate surface area is 190 Å². The molecule has 1 heterocycles. The summed E-state index contributed by atoms with van der Waals surface area (Å²) >= 11 is 0. The van der Waals surface area contributed by atoms with E-state index in [9.17, 15) is 14.9 Å². The molecule has 7 nitrogen and oxygen atoms in total. The Bertz CT molecular complexity index is 1340. The van der Waals surface area contributed by atoms with Gasteiger partial charge in [0.1, 0.15) is 5.52 Å². The third kappa shape index (κ3) is 5.15. The summed E-state index contributed by atoms with van der Waals surface area (Å²) in [4.78, 5) is 27.2. The molecule has 7 heteroatoms. The van der Waals surface area contributed by atoms with Crippen LogP contribution < -0.4 is 5.32 Å². The topological polar surface area (TPSA) is 98.3 Å². The van der Waals surface area contributed by atoms with Gasteiger partial charge in [-0.25, -0.2) is 4.98 Å². The summed E-state index contributed by atoms with van der Waals surface area (Å²) in [5, 5.41) is 13.6. The molecule has 0 fully saturated rings. The van der Waals surface area contributed by atoms with Gasteiger partial charge in [-0.15, -0.1) is 0 Å². The van der Waals surface area contributed by atoms with Crippen molar-refractivity contribution in [2.24, 2.45) is 0 Å². The van der Waals surface area contributed by atoms with Crippen LogP contribution in [0.1, 0.15) is 37.3 Å². The Balaban J connectivity index is 1.44. The maximum atomic E-state index is 12.2. The minimum absolute atomic E-state index is 0.0246. The van der Waals surface area contributed by atoms with Crippen molar-refractivity contribution < 1.29 is 14.1 Å². The molecule has 1 amide bonds. The summed E-state index contributed by atoms with van der Waals surface area (Å²) < 4.78 is 5.90. The van der Waals surface area contributed by atoms with Crippen molar-refractivity contribution >= 4 is 34.5 Å². The first kappa shape index (κ1) is 22.0. The first-order valence-corrected chi connectivity index (χ1v) is 10.7. The third-order valence-corrected chi connectivity index (χ3v) is 5.50. The SMILES string of the molecule is CCC(C)c1ccc2oc(-c3ccc(NC(=O)/C=C/c4cccc([N+](=O)[O-])c4)cc3)nc2c1. The summed E-state index contributed by atoms with van der Waals surface area (Å²) in [5.74, 6) is 0.645. The molecule has 33 heavy (non-hydrogen) atoms. The summed E-state index contributed by atoms with van der Waals surface area (Å²) in [7, 11) is 0. The van der Waals surface area contributed by atoms with Crippen LogP contribution in [0.3, 0.4) is 0 Å².